The summed E-state index contributed by atoms with van der Waals surface area (Å²) in [6.07, 6.45) is 0.786. The van der Waals surface area contributed by atoms with E-state index in [0.29, 0.717) is 23.1 Å². The Kier molecular flexibility index (Phi) is 6.59. The van der Waals surface area contributed by atoms with Gasteiger partial charge < -0.3 is 14.8 Å². The van der Waals surface area contributed by atoms with E-state index in [1.54, 1.807) is 30.3 Å². The minimum atomic E-state index is -0.575. The monoisotopic (exact) mass is 364 g/mol. The molecule has 0 fully saturated rings. The Morgan fingerprint density at radius 3 is 2.48 bits per heavy atom. The number of nitro groups is 1. The second-order valence-electron chi connectivity index (χ2n) is 5.08. The van der Waals surface area contributed by atoms with Crippen LogP contribution in [0.1, 0.15) is 13.3 Å². The summed E-state index contributed by atoms with van der Waals surface area (Å²) in [4.78, 5) is 22.6. The summed E-state index contributed by atoms with van der Waals surface area (Å²) in [5.74, 6) is 0.335. The molecule has 7 nitrogen and oxygen atoms in total. The summed E-state index contributed by atoms with van der Waals surface area (Å²) in [5, 5.41) is 14.2. The molecule has 0 spiro atoms. The number of hydrogen-bond donors (Lipinski definition) is 1. The van der Waals surface area contributed by atoms with Gasteiger partial charge in [-0.2, -0.15) is 0 Å². The number of nitro benzene ring substituents is 1. The topological polar surface area (TPSA) is 90.7 Å². The lowest BCUT2D eigenvalue weighted by Crippen LogP contribution is -2.20. The van der Waals surface area contributed by atoms with Crippen LogP contribution in [0.5, 0.6) is 11.5 Å². The maximum absolute atomic E-state index is 12.0. The average Bonchev–Trinajstić information content (AvgIpc) is 2.60. The van der Waals surface area contributed by atoms with Crippen LogP contribution in [0.25, 0.3) is 0 Å². The lowest BCUT2D eigenvalue weighted by atomic mass is 10.2. The summed E-state index contributed by atoms with van der Waals surface area (Å²) in [6, 6.07) is 10.8. The molecule has 0 heterocycles. The molecule has 1 amide bonds. The number of ether oxygens (including phenoxy) is 2. The largest absolute Gasteiger partial charge is 0.493 e. The van der Waals surface area contributed by atoms with Crippen molar-refractivity contribution >= 4 is 28.9 Å². The minimum Gasteiger partial charge on any atom is -0.493 e. The first-order chi connectivity index (χ1) is 12.0. The van der Waals surface area contributed by atoms with Gasteiger partial charge in [0.25, 0.3) is 11.6 Å². The van der Waals surface area contributed by atoms with Crippen LogP contribution in [0.3, 0.4) is 0 Å². The zero-order valence-corrected chi connectivity index (χ0v) is 14.3. The molecular formula is C17H17ClN2O5. The summed E-state index contributed by atoms with van der Waals surface area (Å²) in [6.45, 7) is 2.11. The highest BCUT2D eigenvalue weighted by molar-refractivity contribution is 6.30. The van der Waals surface area contributed by atoms with Crippen LogP contribution in [-0.4, -0.2) is 24.0 Å². The highest BCUT2D eigenvalue weighted by Gasteiger charge is 2.17. The molecule has 2 rings (SSSR count). The van der Waals surface area contributed by atoms with Crippen molar-refractivity contribution in [2.24, 2.45) is 0 Å². The second-order valence-corrected chi connectivity index (χ2v) is 5.51. The molecule has 0 bridgehead atoms. The van der Waals surface area contributed by atoms with Crippen molar-refractivity contribution in [3.05, 3.63) is 57.6 Å². The maximum atomic E-state index is 12.0. The third-order valence-electron chi connectivity index (χ3n) is 3.10. The van der Waals surface area contributed by atoms with Gasteiger partial charge in [0.15, 0.2) is 6.61 Å². The molecule has 0 aliphatic rings. The van der Waals surface area contributed by atoms with Gasteiger partial charge in [-0.05, 0) is 42.8 Å². The van der Waals surface area contributed by atoms with Crippen LogP contribution in [0.2, 0.25) is 5.02 Å². The van der Waals surface area contributed by atoms with E-state index >= 15 is 0 Å². The van der Waals surface area contributed by atoms with Crippen molar-refractivity contribution in [3.8, 4) is 11.5 Å². The van der Waals surface area contributed by atoms with Gasteiger partial charge >= 0.3 is 0 Å². The molecule has 0 saturated carbocycles. The molecule has 0 radical (unpaired) electrons. The maximum Gasteiger partial charge on any atom is 0.296 e. The number of nitrogens with one attached hydrogen (secondary N) is 1. The van der Waals surface area contributed by atoms with E-state index in [9.17, 15) is 14.9 Å². The molecule has 0 aliphatic carbocycles. The first-order valence-electron chi connectivity index (χ1n) is 7.59. The molecule has 8 heteroatoms. The fourth-order valence-corrected chi connectivity index (χ4v) is 2.07. The Morgan fingerprint density at radius 2 is 1.84 bits per heavy atom. The number of carbonyl (C=O) groups is 1. The van der Waals surface area contributed by atoms with Crippen LogP contribution < -0.4 is 14.8 Å². The molecule has 25 heavy (non-hydrogen) atoms. The minimum absolute atomic E-state index is 0.0820. The number of hydrogen-bond acceptors (Lipinski definition) is 5. The Bertz CT molecular complexity index is 749. The molecule has 0 saturated heterocycles. The van der Waals surface area contributed by atoms with E-state index in [0.717, 1.165) is 6.42 Å². The second kappa shape index (κ2) is 8.89. The van der Waals surface area contributed by atoms with Crippen LogP contribution in [-0.2, 0) is 4.79 Å². The van der Waals surface area contributed by atoms with Crippen molar-refractivity contribution in [2.45, 2.75) is 13.3 Å². The molecule has 0 aromatic heterocycles. The lowest BCUT2D eigenvalue weighted by molar-refractivity contribution is -0.384. The van der Waals surface area contributed by atoms with Crippen LogP contribution in [0.15, 0.2) is 42.5 Å². The number of benzene rings is 2. The van der Waals surface area contributed by atoms with Gasteiger partial charge in [0.05, 0.1) is 17.6 Å². The van der Waals surface area contributed by atoms with Gasteiger partial charge in [-0.25, -0.2) is 0 Å². The third kappa shape index (κ3) is 5.65. The van der Waals surface area contributed by atoms with Crippen molar-refractivity contribution in [2.75, 3.05) is 18.5 Å². The predicted molar refractivity (Wildman–Crippen MR) is 94.5 cm³/mol. The number of carbonyl (C=O) groups excluding carboxylic acids is 1. The van der Waals surface area contributed by atoms with E-state index in [2.05, 4.69) is 5.32 Å². The normalized spacial score (nSPS) is 10.2. The van der Waals surface area contributed by atoms with Gasteiger partial charge in [-0.3, -0.25) is 14.9 Å². The predicted octanol–water partition coefficient (Wildman–Crippen LogP) is 4.05. The molecule has 1 N–H and O–H groups in total. The summed E-state index contributed by atoms with van der Waals surface area (Å²) in [5.41, 5.74) is -0.160. The molecular weight excluding hydrogens is 348 g/mol. The summed E-state index contributed by atoms with van der Waals surface area (Å²) >= 11 is 5.76. The zero-order chi connectivity index (χ0) is 18.2. The SMILES string of the molecule is CCCOc1ccc(NC(=O)COc2ccc(Cl)cc2)c([N+](=O)[O-])c1. The summed E-state index contributed by atoms with van der Waals surface area (Å²) < 4.78 is 10.7. The Balaban J connectivity index is 2.01. The standard InChI is InChI=1S/C17H17ClN2O5/c1-2-9-24-14-7-8-15(16(10-14)20(22)23)19-17(21)11-25-13-5-3-12(18)4-6-13/h3-8,10H,2,9,11H2,1H3,(H,19,21). The van der Waals surface area contributed by atoms with E-state index in [4.69, 9.17) is 21.1 Å². The summed E-state index contributed by atoms with van der Waals surface area (Å²) in [7, 11) is 0. The molecule has 2 aromatic carbocycles. The van der Waals surface area contributed by atoms with E-state index in [-0.39, 0.29) is 18.0 Å². The lowest BCUT2D eigenvalue weighted by Gasteiger charge is -2.10. The average molecular weight is 365 g/mol. The third-order valence-corrected chi connectivity index (χ3v) is 3.35. The Labute approximate surface area is 149 Å². The first-order valence-corrected chi connectivity index (χ1v) is 7.97. The fourth-order valence-electron chi connectivity index (χ4n) is 1.94. The van der Waals surface area contributed by atoms with Crippen molar-refractivity contribution < 1.29 is 19.2 Å². The molecule has 2 aromatic rings. The van der Waals surface area contributed by atoms with Gasteiger partial charge in [0.2, 0.25) is 0 Å². The number of amides is 1. The smallest absolute Gasteiger partial charge is 0.296 e. The number of halogens is 1. The van der Waals surface area contributed by atoms with Gasteiger partial charge in [0.1, 0.15) is 17.2 Å². The number of rotatable bonds is 8. The van der Waals surface area contributed by atoms with Gasteiger partial charge in [0, 0.05) is 5.02 Å². The molecule has 0 atom stereocenters. The fraction of sp³-hybridized carbons (Fsp3) is 0.235. The van der Waals surface area contributed by atoms with Crippen LogP contribution in [0.4, 0.5) is 11.4 Å². The van der Waals surface area contributed by atoms with Crippen LogP contribution >= 0.6 is 11.6 Å². The molecule has 0 unspecified atom stereocenters. The van der Waals surface area contributed by atoms with E-state index < -0.39 is 10.8 Å². The molecule has 0 aliphatic heterocycles. The number of nitrogens with zero attached hydrogens (tertiary/aromatic N) is 1. The van der Waals surface area contributed by atoms with E-state index in [1.165, 1.54) is 12.1 Å². The highest BCUT2D eigenvalue weighted by atomic mass is 35.5. The van der Waals surface area contributed by atoms with Crippen molar-refractivity contribution in [3.63, 3.8) is 0 Å². The quantitative estimate of drug-likeness (QED) is 0.563. The van der Waals surface area contributed by atoms with Crippen LogP contribution in [0, 0.1) is 10.1 Å². The molecule has 132 valence electrons. The number of anilines is 1. The van der Waals surface area contributed by atoms with E-state index in [1.807, 2.05) is 6.92 Å². The Morgan fingerprint density at radius 1 is 1.16 bits per heavy atom. The Hall–Kier alpha value is -2.80. The van der Waals surface area contributed by atoms with Gasteiger partial charge in [-0.1, -0.05) is 18.5 Å². The first kappa shape index (κ1) is 18.5. The van der Waals surface area contributed by atoms with Crippen molar-refractivity contribution in [1.29, 1.82) is 0 Å². The van der Waals surface area contributed by atoms with Gasteiger partial charge in [-0.15, -0.1) is 0 Å². The van der Waals surface area contributed by atoms with Crippen molar-refractivity contribution in [1.82, 2.24) is 0 Å². The highest BCUT2D eigenvalue weighted by Crippen LogP contribution is 2.29. The zero-order valence-electron chi connectivity index (χ0n) is 13.5.